The van der Waals surface area contributed by atoms with Gasteiger partial charge in [-0.15, -0.1) is 0 Å². The first-order chi connectivity index (χ1) is 27.0. The Labute approximate surface area is 324 Å². The molecule has 0 fully saturated rings. The summed E-state index contributed by atoms with van der Waals surface area (Å²) < 4.78 is 4.22. The highest BCUT2D eigenvalue weighted by molar-refractivity contribution is 6.08. The van der Waals surface area contributed by atoms with Gasteiger partial charge in [0.1, 0.15) is 0 Å². The van der Waals surface area contributed by atoms with Crippen molar-refractivity contribution in [2.24, 2.45) is 14.1 Å². The average molecular weight is 725 g/mol. The molecule has 0 saturated heterocycles. The van der Waals surface area contributed by atoms with Crippen LogP contribution in [0, 0.1) is 0 Å². The molecule has 2 heterocycles. The number of pyridine rings is 2. The zero-order valence-electron chi connectivity index (χ0n) is 32.4. The van der Waals surface area contributed by atoms with Gasteiger partial charge in [-0.1, -0.05) is 125 Å². The van der Waals surface area contributed by atoms with Crippen molar-refractivity contribution >= 4 is 43.6 Å². The summed E-state index contributed by atoms with van der Waals surface area (Å²) in [6.07, 6.45) is 0. The van der Waals surface area contributed by atoms with Gasteiger partial charge in [-0.25, -0.2) is 0 Å². The van der Waals surface area contributed by atoms with E-state index >= 15 is 0 Å². The maximum absolute atomic E-state index is 14.6. The highest BCUT2D eigenvalue weighted by Crippen LogP contribution is 2.51. The summed E-state index contributed by atoms with van der Waals surface area (Å²) in [7, 11) is 4.04. The quantitative estimate of drug-likeness (QED) is 0.167. The van der Waals surface area contributed by atoms with E-state index in [1.54, 1.807) is 0 Å². The first-order valence-corrected chi connectivity index (χ1v) is 19.5. The SMILES string of the molecule is Cn1c2cc3c(=O)c4cccc(-c5ccc6c(c5)C(C)(C)c5ccccc5-6)c4n(C)c3cc2c(=O)c2cccc(-c3ccc4c(c3)C(C)(C)c3ccccc3-4)c21. The minimum Gasteiger partial charge on any atom is -0.343 e. The zero-order valence-corrected chi connectivity index (χ0v) is 32.4. The molecule has 56 heavy (non-hydrogen) atoms. The van der Waals surface area contributed by atoms with E-state index < -0.39 is 0 Å². The molecule has 0 unspecified atom stereocenters. The predicted molar refractivity (Wildman–Crippen MR) is 233 cm³/mol. The van der Waals surface area contributed by atoms with Crippen molar-refractivity contribution in [2.45, 2.75) is 38.5 Å². The number of aromatic nitrogens is 2. The molecule has 0 N–H and O–H groups in total. The van der Waals surface area contributed by atoms with E-state index in [2.05, 4.69) is 134 Å². The molecular weight excluding hydrogens is 685 g/mol. The Balaban J connectivity index is 1.12. The Morgan fingerprint density at radius 1 is 0.375 bits per heavy atom. The monoisotopic (exact) mass is 724 g/mol. The van der Waals surface area contributed by atoms with Gasteiger partial charge in [-0.3, -0.25) is 9.59 Å². The maximum Gasteiger partial charge on any atom is 0.197 e. The molecule has 9 aromatic rings. The lowest BCUT2D eigenvalue weighted by Gasteiger charge is -2.22. The number of para-hydroxylation sites is 2. The van der Waals surface area contributed by atoms with Crippen molar-refractivity contribution < 1.29 is 0 Å². The fourth-order valence-electron chi connectivity index (χ4n) is 10.4. The smallest absolute Gasteiger partial charge is 0.197 e. The third kappa shape index (κ3) is 4.14. The zero-order chi connectivity index (χ0) is 38.4. The number of hydrogen-bond acceptors (Lipinski definition) is 2. The highest BCUT2D eigenvalue weighted by Gasteiger charge is 2.36. The fraction of sp³-hybridized carbons (Fsp3) is 0.154. The maximum atomic E-state index is 14.6. The number of fused-ring (bicyclic) bond motifs is 10. The van der Waals surface area contributed by atoms with Gasteiger partial charge < -0.3 is 9.13 Å². The standard InChI is InChI=1S/C52H40N2O2/c1-51(2)41-19-9-7-13-33(41)35-23-21-29(25-43(35)51)31-15-11-17-37-47(31)53(5)45-27-40-46(28-39(45)49(37)55)54(6)48-32(16-12-18-38(48)50(40)56)30-22-24-36-34-14-8-10-20-42(34)52(3,4)44(36)26-30/h7-28H,1-6H3. The van der Waals surface area contributed by atoms with E-state index in [9.17, 15) is 9.59 Å². The van der Waals surface area contributed by atoms with Crippen LogP contribution in [0.25, 0.3) is 88.1 Å². The van der Waals surface area contributed by atoms with Crippen LogP contribution < -0.4 is 10.9 Å². The number of nitrogens with zero attached hydrogens (tertiary/aromatic N) is 2. The normalized spacial score (nSPS) is 14.7. The van der Waals surface area contributed by atoms with E-state index in [1.165, 1.54) is 44.5 Å². The lowest BCUT2D eigenvalue weighted by Crippen LogP contribution is -2.15. The van der Waals surface area contributed by atoms with Crippen LogP contribution in [0.4, 0.5) is 0 Å². The Kier molecular flexibility index (Phi) is 6.48. The fourth-order valence-corrected chi connectivity index (χ4v) is 10.4. The third-order valence-electron chi connectivity index (χ3n) is 13.3. The summed E-state index contributed by atoms with van der Waals surface area (Å²) in [5, 5.41) is 2.51. The number of rotatable bonds is 2. The molecule has 0 bridgehead atoms. The Morgan fingerprint density at radius 3 is 1.18 bits per heavy atom. The van der Waals surface area contributed by atoms with Crippen LogP contribution >= 0.6 is 0 Å². The second-order valence-electron chi connectivity index (χ2n) is 16.9. The minimum atomic E-state index is -0.143. The van der Waals surface area contributed by atoms with Gasteiger partial charge >= 0.3 is 0 Å². The van der Waals surface area contributed by atoms with E-state index in [0.717, 1.165) is 44.3 Å². The molecule has 4 heteroatoms. The first-order valence-electron chi connectivity index (χ1n) is 19.5. The molecule has 2 aromatic heterocycles. The molecule has 0 amide bonds. The lowest BCUT2D eigenvalue weighted by atomic mass is 9.81. The van der Waals surface area contributed by atoms with Gasteiger partial charge in [0.2, 0.25) is 0 Å². The summed E-state index contributed by atoms with van der Waals surface area (Å²) in [6, 6.07) is 46.7. The van der Waals surface area contributed by atoms with Crippen LogP contribution in [-0.2, 0) is 24.9 Å². The van der Waals surface area contributed by atoms with Gasteiger partial charge in [0.05, 0.1) is 22.1 Å². The van der Waals surface area contributed by atoms with E-state index in [0.29, 0.717) is 21.5 Å². The second kappa shape index (κ2) is 11.0. The highest BCUT2D eigenvalue weighted by atomic mass is 16.1. The average Bonchev–Trinajstić information content (AvgIpc) is 3.59. The van der Waals surface area contributed by atoms with E-state index in [-0.39, 0.29) is 21.7 Å². The summed E-state index contributed by atoms with van der Waals surface area (Å²) >= 11 is 0. The number of aryl methyl sites for hydroxylation is 2. The molecule has 0 saturated carbocycles. The Hall–Kier alpha value is -6.52. The van der Waals surface area contributed by atoms with Crippen molar-refractivity contribution in [3.05, 3.63) is 176 Å². The van der Waals surface area contributed by atoms with Crippen molar-refractivity contribution in [1.29, 1.82) is 0 Å². The number of benzene rings is 7. The Morgan fingerprint density at radius 2 is 0.750 bits per heavy atom. The van der Waals surface area contributed by atoms with E-state index in [4.69, 9.17) is 0 Å². The van der Waals surface area contributed by atoms with Gasteiger partial charge in [-0.05, 0) is 92.0 Å². The number of hydrogen-bond donors (Lipinski definition) is 0. The molecule has 2 aliphatic rings. The molecule has 11 rings (SSSR count). The first kappa shape index (κ1) is 32.9. The van der Waals surface area contributed by atoms with Gasteiger partial charge in [0, 0.05) is 57.6 Å². The molecule has 270 valence electrons. The van der Waals surface area contributed by atoms with Crippen molar-refractivity contribution in [2.75, 3.05) is 0 Å². The summed E-state index contributed by atoms with van der Waals surface area (Å²) in [6.45, 7) is 9.16. The topological polar surface area (TPSA) is 44.0 Å². The molecule has 0 radical (unpaired) electrons. The van der Waals surface area contributed by atoms with Crippen molar-refractivity contribution in [3.8, 4) is 44.5 Å². The second-order valence-corrected chi connectivity index (χ2v) is 16.9. The molecule has 0 aliphatic heterocycles. The third-order valence-corrected chi connectivity index (χ3v) is 13.3. The van der Waals surface area contributed by atoms with E-state index in [1.807, 2.05) is 50.5 Å². The lowest BCUT2D eigenvalue weighted by molar-refractivity contribution is 0.660. The summed E-state index contributed by atoms with van der Waals surface area (Å²) in [5.74, 6) is 0. The molecule has 2 aliphatic carbocycles. The van der Waals surface area contributed by atoms with Crippen LogP contribution in [-0.4, -0.2) is 9.13 Å². The van der Waals surface area contributed by atoms with Crippen LogP contribution in [0.3, 0.4) is 0 Å². The Bertz CT molecular complexity index is 3150. The molecule has 7 aromatic carbocycles. The summed E-state index contributed by atoms with van der Waals surface area (Å²) in [5.41, 5.74) is 17.3. The molecule has 0 spiro atoms. The van der Waals surface area contributed by atoms with Crippen LogP contribution in [0.2, 0.25) is 0 Å². The van der Waals surface area contributed by atoms with Crippen LogP contribution in [0.1, 0.15) is 49.9 Å². The minimum absolute atomic E-state index is 0.0352. The summed E-state index contributed by atoms with van der Waals surface area (Å²) in [4.78, 5) is 29.2. The largest absolute Gasteiger partial charge is 0.343 e. The van der Waals surface area contributed by atoms with Crippen molar-refractivity contribution in [3.63, 3.8) is 0 Å². The predicted octanol–water partition coefficient (Wildman–Crippen LogP) is 11.6. The molecular formula is C52H40N2O2. The van der Waals surface area contributed by atoms with Gasteiger partial charge in [-0.2, -0.15) is 0 Å². The van der Waals surface area contributed by atoms with Crippen LogP contribution in [0.5, 0.6) is 0 Å². The van der Waals surface area contributed by atoms with Gasteiger partial charge in [0.25, 0.3) is 0 Å². The van der Waals surface area contributed by atoms with Crippen LogP contribution in [0.15, 0.2) is 143 Å². The van der Waals surface area contributed by atoms with Crippen molar-refractivity contribution in [1.82, 2.24) is 9.13 Å². The van der Waals surface area contributed by atoms with Gasteiger partial charge in [0.15, 0.2) is 10.9 Å². The molecule has 0 atom stereocenters. The molecule has 4 nitrogen and oxygen atoms in total.